The first-order valence-corrected chi connectivity index (χ1v) is 6.30. The maximum absolute atomic E-state index is 11.8. The Kier molecular flexibility index (Phi) is 2.58. The molecule has 1 amide bonds. The average Bonchev–Trinajstić information content (AvgIpc) is 2.39. The third-order valence-electron chi connectivity index (χ3n) is 3.97. The second-order valence-electron chi connectivity index (χ2n) is 5.15. The molecule has 18 heavy (non-hydrogen) atoms. The number of aromatic nitrogens is 1. The van der Waals surface area contributed by atoms with E-state index in [1.54, 1.807) is 6.07 Å². The maximum Gasteiger partial charge on any atom is 0.250 e. The van der Waals surface area contributed by atoms with Crippen LogP contribution in [0.25, 0.3) is 0 Å². The van der Waals surface area contributed by atoms with E-state index in [-0.39, 0.29) is 17.4 Å². The summed E-state index contributed by atoms with van der Waals surface area (Å²) < 4.78 is 1.87. The average molecular weight is 244 g/mol. The first-order valence-electron chi connectivity index (χ1n) is 6.30. The molecule has 2 aliphatic heterocycles. The van der Waals surface area contributed by atoms with Gasteiger partial charge in [0.15, 0.2) is 0 Å². The molecule has 4 heteroatoms. The zero-order chi connectivity index (χ0) is 12.7. The van der Waals surface area contributed by atoms with Gasteiger partial charge in [-0.25, -0.2) is 0 Å². The maximum atomic E-state index is 11.8. The van der Waals surface area contributed by atoms with Crippen LogP contribution in [-0.2, 0) is 11.3 Å². The standard InChI is InChI=1S/C14H16N2O2/c1-2-13(17)15-7-10-6-11(9-15)12-4-3-5-14(18)16(12)8-10/h2-5,10-11H,1,6-9H2/t10-,11+/m0/s1. The van der Waals surface area contributed by atoms with Crippen molar-refractivity contribution in [3.63, 3.8) is 0 Å². The van der Waals surface area contributed by atoms with Crippen LogP contribution in [0.4, 0.5) is 0 Å². The van der Waals surface area contributed by atoms with Crippen LogP contribution in [0.1, 0.15) is 18.0 Å². The van der Waals surface area contributed by atoms with Gasteiger partial charge >= 0.3 is 0 Å². The first kappa shape index (κ1) is 11.3. The highest BCUT2D eigenvalue weighted by molar-refractivity contribution is 5.87. The summed E-state index contributed by atoms with van der Waals surface area (Å²) in [5, 5.41) is 0. The second kappa shape index (κ2) is 4.12. The molecular formula is C14H16N2O2. The number of nitrogens with zero attached hydrogens (tertiary/aromatic N) is 2. The topological polar surface area (TPSA) is 42.3 Å². The number of likely N-dealkylation sites (tertiary alicyclic amines) is 1. The Morgan fingerprint density at radius 3 is 2.94 bits per heavy atom. The third kappa shape index (κ3) is 1.68. The van der Waals surface area contributed by atoms with E-state index in [1.165, 1.54) is 6.08 Å². The van der Waals surface area contributed by atoms with Gasteiger partial charge in [-0.3, -0.25) is 9.59 Å². The molecule has 3 heterocycles. The van der Waals surface area contributed by atoms with E-state index in [2.05, 4.69) is 6.58 Å². The molecule has 3 rings (SSSR count). The molecule has 0 radical (unpaired) electrons. The Labute approximate surface area is 106 Å². The van der Waals surface area contributed by atoms with E-state index in [1.807, 2.05) is 21.6 Å². The van der Waals surface area contributed by atoms with Crippen molar-refractivity contribution in [3.8, 4) is 0 Å². The highest BCUT2D eigenvalue weighted by atomic mass is 16.2. The normalized spacial score (nSPS) is 25.4. The predicted octanol–water partition coefficient (Wildman–Crippen LogP) is 0.980. The van der Waals surface area contributed by atoms with E-state index in [9.17, 15) is 9.59 Å². The van der Waals surface area contributed by atoms with E-state index in [0.29, 0.717) is 12.5 Å². The van der Waals surface area contributed by atoms with Crippen LogP contribution in [0.2, 0.25) is 0 Å². The summed E-state index contributed by atoms with van der Waals surface area (Å²) >= 11 is 0. The zero-order valence-corrected chi connectivity index (χ0v) is 10.2. The van der Waals surface area contributed by atoms with Crippen LogP contribution in [0.3, 0.4) is 0 Å². The smallest absolute Gasteiger partial charge is 0.250 e. The fourth-order valence-corrected chi connectivity index (χ4v) is 3.21. The molecule has 4 nitrogen and oxygen atoms in total. The van der Waals surface area contributed by atoms with Gasteiger partial charge in [-0.15, -0.1) is 0 Å². The fraction of sp³-hybridized carbons (Fsp3) is 0.429. The zero-order valence-electron chi connectivity index (χ0n) is 10.2. The summed E-state index contributed by atoms with van der Waals surface area (Å²) in [5.41, 5.74) is 1.14. The SMILES string of the molecule is C=CC(=O)N1C[C@@H]2C[C@H](C1)c1cccc(=O)n1C2. The van der Waals surface area contributed by atoms with Crippen molar-refractivity contribution in [1.29, 1.82) is 0 Å². The summed E-state index contributed by atoms with van der Waals surface area (Å²) in [7, 11) is 0. The fourth-order valence-electron chi connectivity index (χ4n) is 3.21. The molecule has 0 N–H and O–H groups in total. The lowest BCUT2D eigenvalue weighted by molar-refractivity contribution is -0.128. The van der Waals surface area contributed by atoms with Crippen LogP contribution in [-0.4, -0.2) is 28.5 Å². The van der Waals surface area contributed by atoms with Gasteiger partial charge in [0.25, 0.3) is 5.56 Å². The molecule has 0 aromatic carbocycles. The van der Waals surface area contributed by atoms with Gasteiger partial charge in [-0.05, 0) is 24.5 Å². The van der Waals surface area contributed by atoms with Crippen LogP contribution < -0.4 is 5.56 Å². The minimum atomic E-state index is -0.00331. The van der Waals surface area contributed by atoms with Crippen molar-refractivity contribution in [1.82, 2.24) is 9.47 Å². The van der Waals surface area contributed by atoms with Gasteiger partial charge < -0.3 is 9.47 Å². The molecule has 2 atom stereocenters. The number of fused-ring (bicyclic) bond motifs is 4. The van der Waals surface area contributed by atoms with E-state index in [0.717, 1.165) is 25.2 Å². The van der Waals surface area contributed by atoms with Crippen LogP contribution in [0.15, 0.2) is 35.6 Å². The molecule has 1 saturated heterocycles. The van der Waals surface area contributed by atoms with Crippen molar-refractivity contribution >= 4 is 5.91 Å². The van der Waals surface area contributed by atoms with Crippen LogP contribution in [0, 0.1) is 5.92 Å². The van der Waals surface area contributed by atoms with E-state index >= 15 is 0 Å². The molecule has 1 aromatic heterocycles. The van der Waals surface area contributed by atoms with Crippen molar-refractivity contribution in [2.45, 2.75) is 18.9 Å². The molecular weight excluding hydrogens is 228 g/mol. The van der Waals surface area contributed by atoms with Crippen LogP contribution in [0.5, 0.6) is 0 Å². The predicted molar refractivity (Wildman–Crippen MR) is 68.3 cm³/mol. The molecule has 1 aromatic rings. The number of piperidine rings is 1. The Morgan fingerprint density at radius 1 is 1.33 bits per heavy atom. The second-order valence-corrected chi connectivity index (χ2v) is 5.15. The van der Waals surface area contributed by atoms with Gasteiger partial charge in [0.1, 0.15) is 0 Å². The quantitative estimate of drug-likeness (QED) is 0.691. The lowest BCUT2D eigenvalue weighted by Gasteiger charge is -2.42. The number of amides is 1. The van der Waals surface area contributed by atoms with Gasteiger partial charge in [0.05, 0.1) is 0 Å². The number of hydrogen-bond acceptors (Lipinski definition) is 2. The van der Waals surface area contributed by atoms with Crippen molar-refractivity contribution < 1.29 is 4.79 Å². The Morgan fingerprint density at radius 2 is 2.17 bits per heavy atom. The lowest BCUT2D eigenvalue weighted by Crippen LogP contribution is -2.48. The summed E-state index contributed by atoms with van der Waals surface area (Å²) in [6, 6.07) is 5.42. The molecule has 2 bridgehead atoms. The molecule has 1 fully saturated rings. The molecule has 0 aliphatic carbocycles. The van der Waals surface area contributed by atoms with Gasteiger partial charge in [-0.1, -0.05) is 12.6 Å². The number of carbonyl (C=O) groups excluding carboxylic acids is 1. The minimum Gasteiger partial charge on any atom is -0.338 e. The van der Waals surface area contributed by atoms with E-state index < -0.39 is 0 Å². The molecule has 0 unspecified atom stereocenters. The third-order valence-corrected chi connectivity index (χ3v) is 3.97. The molecule has 0 saturated carbocycles. The summed E-state index contributed by atoms with van der Waals surface area (Å²) in [6.45, 7) is 5.71. The van der Waals surface area contributed by atoms with Crippen molar-refractivity contribution in [3.05, 3.63) is 46.9 Å². The molecule has 0 spiro atoms. The Bertz CT molecular complexity index is 561. The summed E-state index contributed by atoms with van der Waals surface area (Å²) in [4.78, 5) is 25.4. The van der Waals surface area contributed by atoms with Gasteiger partial charge in [0, 0.05) is 37.3 Å². The van der Waals surface area contributed by atoms with Crippen molar-refractivity contribution in [2.24, 2.45) is 5.92 Å². The Balaban J connectivity index is 1.97. The molecule has 2 aliphatic rings. The monoisotopic (exact) mass is 244 g/mol. The lowest BCUT2D eigenvalue weighted by atomic mass is 9.83. The highest BCUT2D eigenvalue weighted by Gasteiger charge is 2.35. The van der Waals surface area contributed by atoms with E-state index in [4.69, 9.17) is 0 Å². The largest absolute Gasteiger partial charge is 0.338 e. The first-order chi connectivity index (χ1) is 8.69. The molecule has 94 valence electrons. The Hall–Kier alpha value is -1.84. The van der Waals surface area contributed by atoms with Crippen molar-refractivity contribution in [2.75, 3.05) is 13.1 Å². The van der Waals surface area contributed by atoms with Crippen LogP contribution >= 0.6 is 0 Å². The minimum absolute atomic E-state index is 0.00331. The summed E-state index contributed by atoms with van der Waals surface area (Å²) in [6.07, 6.45) is 2.45. The number of carbonyl (C=O) groups is 1. The van der Waals surface area contributed by atoms with Gasteiger partial charge in [0.2, 0.25) is 5.91 Å². The summed E-state index contributed by atoms with van der Waals surface area (Å²) in [5.74, 6) is 0.673. The highest BCUT2D eigenvalue weighted by Crippen LogP contribution is 2.34. The number of pyridine rings is 1. The number of rotatable bonds is 1. The van der Waals surface area contributed by atoms with Gasteiger partial charge in [-0.2, -0.15) is 0 Å². The number of hydrogen-bond donors (Lipinski definition) is 0.